The first-order chi connectivity index (χ1) is 8.19. The Balaban J connectivity index is 2.59. The fraction of sp³-hybridized carbons (Fsp3) is 0.571. The first-order valence-electron chi connectivity index (χ1n) is 6.24. The molecule has 0 amide bonds. The molecule has 1 aromatic rings. The SMILES string of the molecule is CCC(CC)(CO)CNc1ccc(CO)cc1. The number of benzene rings is 1. The lowest BCUT2D eigenvalue weighted by atomic mass is 9.83. The second kappa shape index (κ2) is 6.62. The third-order valence-corrected chi connectivity index (χ3v) is 3.64. The van der Waals surface area contributed by atoms with E-state index in [1.807, 2.05) is 24.3 Å². The van der Waals surface area contributed by atoms with Crippen LogP contribution in [0.3, 0.4) is 0 Å². The molecule has 3 nitrogen and oxygen atoms in total. The smallest absolute Gasteiger partial charge is 0.0681 e. The van der Waals surface area contributed by atoms with Crippen LogP contribution in [0.1, 0.15) is 32.3 Å². The molecule has 0 fully saturated rings. The van der Waals surface area contributed by atoms with Gasteiger partial charge in [0.25, 0.3) is 0 Å². The van der Waals surface area contributed by atoms with Crippen LogP contribution in [-0.2, 0) is 6.61 Å². The number of aliphatic hydroxyl groups excluding tert-OH is 2. The normalized spacial score (nSPS) is 11.5. The Morgan fingerprint density at radius 3 is 2.06 bits per heavy atom. The number of hydrogen-bond acceptors (Lipinski definition) is 3. The molecular formula is C14H23NO2. The van der Waals surface area contributed by atoms with Crippen LogP contribution in [0, 0.1) is 5.41 Å². The molecule has 0 radical (unpaired) electrons. The van der Waals surface area contributed by atoms with Crippen LogP contribution in [-0.4, -0.2) is 23.4 Å². The lowest BCUT2D eigenvalue weighted by Crippen LogP contribution is -2.32. The second-order valence-corrected chi connectivity index (χ2v) is 4.57. The van der Waals surface area contributed by atoms with Gasteiger partial charge < -0.3 is 15.5 Å². The van der Waals surface area contributed by atoms with Crippen LogP contribution in [0.5, 0.6) is 0 Å². The minimum Gasteiger partial charge on any atom is -0.396 e. The van der Waals surface area contributed by atoms with Crippen LogP contribution in [0.25, 0.3) is 0 Å². The zero-order chi connectivity index (χ0) is 12.7. The Morgan fingerprint density at radius 2 is 1.65 bits per heavy atom. The van der Waals surface area contributed by atoms with Crippen molar-refractivity contribution in [1.29, 1.82) is 0 Å². The Bertz CT molecular complexity index is 309. The minimum absolute atomic E-state index is 0.0321. The summed E-state index contributed by atoms with van der Waals surface area (Å²) in [6.07, 6.45) is 1.92. The zero-order valence-electron chi connectivity index (χ0n) is 10.7. The molecule has 0 aliphatic carbocycles. The van der Waals surface area contributed by atoms with Crippen LogP contribution in [0.15, 0.2) is 24.3 Å². The summed E-state index contributed by atoms with van der Waals surface area (Å²) in [6, 6.07) is 7.72. The molecule has 3 N–H and O–H groups in total. The Kier molecular flexibility index (Phi) is 5.45. The summed E-state index contributed by atoms with van der Waals surface area (Å²) in [5.41, 5.74) is 1.91. The summed E-state index contributed by atoms with van der Waals surface area (Å²) in [6.45, 7) is 5.27. The average molecular weight is 237 g/mol. The molecule has 96 valence electrons. The molecule has 3 heteroatoms. The first-order valence-corrected chi connectivity index (χ1v) is 6.24. The standard InChI is InChI=1S/C14H23NO2/c1-3-14(4-2,11-17)10-15-13-7-5-12(9-16)6-8-13/h5-8,15-17H,3-4,9-11H2,1-2H3. The summed E-state index contributed by atoms with van der Waals surface area (Å²) < 4.78 is 0. The predicted octanol–water partition coefficient (Wildman–Crippen LogP) is 2.39. The van der Waals surface area contributed by atoms with E-state index in [-0.39, 0.29) is 18.6 Å². The fourth-order valence-electron chi connectivity index (χ4n) is 1.80. The molecule has 0 aliphatic rings. The molecule has 1 rings (SSSR count). The molecular weight excluding hydrogens is 214 g/mol. The molecule has 0 saturated heterocycles. The zero-order valence-corrected chi connectivity index (χ0v) is 10.7. The van der Waals surface area contributed by atoms with Crippen LogP contribution < -0.4 is 5.32 Å². The van der Waals surface area contributed by atoms with Gasteiger partial charge in [-0.05, 0) is 30.5 Å². The van der Waals surface area contributed by atoms with Gasteiger partial charge in [0, 0.05) is 17.6 Å². The van der Waals surface area contributed by atoms with Crippen molar-refractivity contribution in [3.63, 3.8) is 0 Å². The van der Waals surface area contributed by atoms with Gasteiger partial charge >= 0.3 is 0 Å². The molecule has 0 bridgehead atoms. The fourth-order valence-corrected chi connectivity index (χ4v) is 1.80. The van der Waals surface area contributed by atoms with Gasteiger partial charge in [0.15, 0.2) is 0 Å². The molecule has 0 heterocycles. The molecule has 17 heavy (non-hydrogen) atoms. The lowest BCUT2D eigenvalue weighted by molar-refractivity contribution is 0.127. The van der Waals surface area contributed by atoms with E-state index in [9.17, 15) is 5.11 Å². The largest absolute Gasteiger partial charge is 0.396 e. The van der Waals surface area contributed by atoms with E-state index >= 15 is 0 Å². The number of rotatable bonds is 7. The number of aliphatic hydroxyl groups is 2. The van der Waals surface area contributed by atoms with Crippen LogP contribution in [0.4, 0.5) is 5.69 Å². The van der Waals surface area contributed by atoms with Gasteiger partial charge in [0.05, 0.1) is 13.2 Å². The average Bonchev–Trinajstić information content (AvgIpc) is 2.41. The monoisotopic (exact) mass is 237 g/mol. The van der Waals surface area contributed by atoms with E-state index in [4.69, 9.17) is 5.11 Å². The molecule has 0 aromatic heterocycles. The highest BCUT2D eigenvalue weighted by Gasteiger charge is 2.24. The van der Waals surface area contributed by atoms with E-state index in [0.717, 1.165) is 30.6 Å². The highest BCUT2D eigenvalue weighted by Crippen LogP contribution is 2.26. The molecule has 0 unspecified atom stereocenters. The van der Waals surface area contributed by atoms with E-state index in [2.05, 4.69) is 19.2 Å². The third-order valence-electron chi connectivity index (χ3n) is 3.64. The van der Waals surface area contributed by atoms with Gasteiger partial charge in [-0.15, -0.1) is 0 Å². The van der Waals surface area contributed by atoms with E-state index in [0.29, 0.717) is 0 Å². The quantitative estimate of drug-likeness (QED) is 0.682. The van der Waals surface area contributed by atoms with Gasteiger partial charge in [-0.2, -0.15) is 0 Å². The molecule has 0 spiro atoms. The maximum absolute atomic E-state index is 9.46. The number of nitrogens with one attached hydrogen (secondary N) is 1. The van der Waals surface area contributed by atoms with Crippen LogP contribution in [0.2, 0.25) is 0 Å². The van der Waals surface area contributed by atoms with Gasteiger partial charge in [0.2, 0.25) is 0 Å². The Morgan fingerprint density at radius 1 is 1.06 bits per heavy atom. The Labute approximate surface area is 103 Å². The van der Waals surface area contributed by atoms with Gasteiger partial charge in [-0.3, -0.25) is 0 Å². The van der Waals surface area contributed by atoms with E-state index in [1.165, 1.54) is 0 Å². The second-order valence-electron chi connectivity index (χ2n) is 4.57. The van der Waals surface area contributed by atoms with Crippen molar-refractivity contribution in [2.75, 3.05) is 18.5 Å². The minimum atomic E-state index is -0.0321. The number of anilines is 1. The maximum Gasteiger partial charge on any atom is 0.0681 e. The Hall–Kier alpha value is -1.06. The molecule has 0 atom stereocenters. The highest BCUT2D eigenvalue weighted by atomic mass is 16.3. The van der Waals surface area contributed by atoms with Crippen molar-refractivity contribution in [2.24, 2.45) is 5.41 Å². The highest BCUT2D eigenvalue weighted by molar-refractivity contribution is 5.44. The van der Waals surface area contributed by atoms with Crippen molar-refractivity contribution >= 4 is 5.69 Å². The third kappa shape index (κ3) is 3.72. The summed E-state index contributed by atoms with van der Waals surface area (Å²) in [5, 5.41) is 21.8. The van der Waals surface area contributed by atoms with Gasteiger partial charge in [-0.25, -0.2) is 0 Å². The summed E-state index contributed by atoms with van der Waals surface area (Å²) in [4.78, 5) is 0. The molecule has 0 aliphatic heterocycles. The van der Waals surface area contributed by atoms with Crippen molar-refractivity contribution < 1.29 is 10.2 Å². The summed E-state index contributed by atoms with van der Waals surface area (Å²) in [7, 11) is 0. The molecule has 1 aromatic carbocycles. The predicted molar refractivity (Wildman–Crippen MR) is 71.0 cm³/mol. The maximum atomic E-state index is 9.46. The van der Waals surface area contributed by atoms with Gasteiger partial charge in [0.1, 0.15) is 0 Å². The van der Waals surface area contributed by atoms with Gasteiger partial charge in [-0.1, -0.05) is 26.0 Å². The summed E-state index contributed by atoms with van der Waals surface area (Å²) in [5.74, 6) is 0. The van der Waals surface area contributed by atoms with E-state index < -0.39 is 0 Å². The van der Waals surface area contributed by atoms with E-state index in [1.54, 1.807) is 0 Å². The lowest BCUT2D eigenvalue weighted by Gasteiger charge is -2.30. The topological polar surface area (TPSA) is 52.5 Å². The van der Waals surface area contributed by atoms with Crippen LogP contribution >= 0.6 is 0 Å². The van der Waals surface area contributed by atoms with Crippen molar-refractivity contribution in [2.45, 2.75) is 33.3 Å². The van der Waals surface area contributed by atoms with Crippen molar-refractivity contribution in [3.8, 4) is 0 Å². The summed E-state index contributed by atoms with van der Waals surface area (Å²) >= 11 is 0. The first kappa shape index (κ1) is 14.0. The van der Waals surface area contributed by atoms with Crippen molar-refractivity contribution in [3.05, 3.63) is 29.8 Å². The number of hydrogen-bond donors (Lipinski definition) is 3. The van der Waals surface area contributed by atoms with Crippen molar-refractivity contribution in [1.82, 2.24) is 0 Å². The molecule has 0 saturated carbocycles.